The number of methoxy groups -OCH3 is 1. The number of rotatable bonds is 5. The second-order valence-corrected chi connectivity index (χ2v) is 8.19. The number of hydrogen-bond donors (Lipinski definition) is 1. The summed E-state index contributed by atoms with van der Waals surface area (Å²) in [7, 11) is 12.0. The first-order chi connectivity index (χ1) is 14.3. The van der Waals surface area contributed by atoms with Gasteiger partial charge in [-0.2, -0.15) is 0 Å². The van der Waals surface area contributed by atoms with Gasteiger partial charge in [-0.1, -0.05) is 12.1 Å². The number of hydrogen-bond acceptors (Lipinski definition) is 7. The minimum atomic E-state index is -1.89. The van der Waals surface area contributed by atoms with Crippen LogP contribution in [0.3, 0.4) is 0 Å². The van der Waals surface area contributed by atoms with Crippen molar-refractivity contribution in [3.05, 3.63) is 56.4 Å². The molecule has 3 unspecified atom stereocenters. The van der Waals surface area contributed by atoms with E-state index in [2.05, 4.69) is 4.98 Å². The Hall–Kier alpha value is -2.06. The van der Waals surface area contributed by atoms with E-state index in [0.29, 0.717) is 29.9 Å². The maximum atomic E-state index is 12.1. The van der Waals surface area contributed by atoms with Crippen molar-refractivity contribution in [3.63, 3.8) is 0 Å². The fourth-order valence-corrected chi connectivity index (χ4v) is 4.47. The number of H-pyrrole nitrogens is 1. The molecule has 4 rings (SSSR count). The van der Waals surface area contributed by atoms with Crippen LogP contribution in [0.2, 0.25) is 0 Å². The number of aryl methyl sites for hydroxylation is 1. The molecule has 3 atom stereocenters. The lowest BCUT2D eigenvalue weighted by Crippen LogP contribution is -2.46. The first-order valence-corrected chi connectivity index (χ1v) is 10.4. The second kappa shape index (κ2) is 8.23. The largest absolute Gasteiger partial charge is 0.493 e. The third kappa shape index (κ3) is 4.07. The average Bonchev–Trinajstić information content (AvgIpc) is 3.21. The summed E-state index contributed by atoms with van der Waals surface area (Å²) >= 11 is 0. The molecular weight excluding hydrogens is 409 g/mol. The van der Waals surface area contributed by atoms with Gasteiger partial charge in [-0.25, -0.2) is 4.79 Å². The van der Waals surface area contributed by atoms with Crippen LogP contribution in [-0.2, 0) is 20.4 Å². The van der Waals surface area contributed by atoms with Crippen molar-refractivity contribution in [1.82, 2.24) is 9.55 Å². The Bertz CT molecular complexity index is 1040. The van der Waals surface area contributed by atoms with E-state index in [1.165, 1.54) is 10.8 Å². The molecule has 9 nitrogen and oxygen atoms in total. The maximum Gasteiger partial charge on any atom is 0.396 e. The van der Waals surface area contributed by atoms with Crippen molar-refractivity contribution in [3.8, 4) is 11.5 Å². The molecule has 154 valence electrons. The van der Waals surface area contributed by atoms with Crippen LogP contribution in [0.5, 0.6) is 11.5 Å². The van der Waals surface area contributed by atoms with Crippen molar-refractivity contribution < 1.29 is 23.0 Å². The molecule has 1 fully saturated rings. The summed E-state index contributed by atoms with van der Waals surface area (Å²) in [6, 6.07) is 5.46. The highest BCUT2D eigenvalue weighted by atomic mass is 31.2. The highest BCUT2D eigenvalue weighted by Crippen LogP contribution is 2.53. The van der Waals surface area contributed by atoms with Crippen LogP contribution >= 0.6 is 8.60 Å². The summed E-state index contributed by atoms with van der Waals surface area (Å²) < 4.78 is 29.6. The van der Waals surface area contributed by atoms with E-state index >= 15 is 0 Å². The van der Waals surface area contributed by atoms with Crippen LogP contribution in [0.25, 0.3) is 0 Å². The van der Waals surface area contributed by atoms with Gasteiger partial charge >= 0.3 is 14.3 Å². The molecule has 0 spiro atoms. The highest BCUT2D eigenvalue weighted by Gasteiger charge is 2.42. The van der Waals surface area contributed by atoms with E-state index in [1.54, 1.807) is 20.1 Å². The van der Waals surface area contributed by atoms with Gasteiger partial charge in [0.1, 0.15) is 21.9 Å². The van der Waals surface area contributed by atoms with E-state index in [4.69, 9.17) is 38.7 Å². The maximum absolute atomic E-state index is 12.1. The lowest BCUT2D eigenvalue weighted by molar-refractivity contribution is -0.0470. The van der Waals surface area contributed by atoms with Crippen LogP contribution < -0.4 is 20.5 Å². The number of ether oxygens (including phenoxy) is 2. The average molecular weight is 428 g/mol. The fraction of sp³-hybridized carbons (Fsp3) is 0.444. The summed E-state index contributed by atoms with van der Waals surface area (Å²) in [4.78, 5) is 25.9. The number of nitrogens with zero attached hydrogens (tertiary/aromatic N) is 1. The summed E-state index contributed by atoms with van der Waals surface area (Å²) in [5.41, 5.74) is 0.209. The predicted molar refractivity (Wildman–Crippen MR) is 110 cm³/mol. The molecule has 30 heavy (non-hydrogen) atoms. The Balaban J connectivity index is 1.45. The van der Waals surface area contributed by atoms with Gasteiger partial charge in [0.05, 0.1) is 19.8 Å². The highest BCUT2D eigenvalue weighted by molar-refractivity contribution is 7.42. The van der Waals surface area contributed by atoms with Crippen LogP contribution in [0.4, 0.5) is 0 Å². The van der Waals surface area contributed by atoms with Gasteiger partial charge in [0.2, 0.25) is 0 Å². The molecule has 0 amide bonds. The standard InChI is InChI=1S/C18H19B2N2O7P/c1-10-8-22(17(24)21-16(10)23)14-7-6-13(27-14)18(19,20)29-30-26-9-11-4-3-5-12(25-2)15(11)28-30/h3-5,8,13-14H,6-7,9H2,1-2H3,(H,21,23,24). The third-order valence-corrected chi connectivity index (χ3v) is 6.10. The van der Waals surface area contributed by atoms with Gasteiger partial charge in [-0.3, -0.25) is 18.9 Å². The second-order valence-electron chi connectivity index (χ2n) is 7.12. The number of nitrogens with one attached hydrogen (secondary N) is 1. The minimum absolute atomic E-state index is 0.258. The fourth-order valence-electron chi connectivity index (χ4n) is 3.35. The molecule has 1 aromatic heterocycles. The number of aromatic amines is 1. The molecule has 0 bridgehead atoms. The Morgan fingerprint density at radius 2 is 2.10 bits per heavy atom. The van der Waals surface area contributed by atoms with Crippen molar-refractivity contribution in [2.45, 2.75) is 44.1 Å². The first kappa shape index (κ1) is 21.2. The summed E-state index contributed by atoms with van der Waals surface area (Å²) in [6.07, 6.45) is 0.993. The van der Waals surface area contributed by atoms with E-state index in [9.17, 15) is 9.59 Å². The predicted octanol–water partition coefficient (Wildman–Crippen LogP) is 1.37. The zero-order chi connectivity index (χ0) is 21.5. The molecule has 1 N–H and O–H groups in total. The van der Waals surface area contributed by atoms with E-state index in [1.807, 2.05) is 12.1 Å². The number of fused-ring (bicyclic) bond motifs is 1. The number of aromatic nitrogens is 2. The molecule has 12 heteroatoms. The summed E-state index contributed by atoms with van der Waals surface area (Å²) in [5, 5.41) is -1.72. The Labute approximate surface area is 176 Å². The molecule has 0 saturated carbocycles. The van der Waals surface area contributed by atoms with Crippen molar-refractivity contribution in [2.75, 3.05) is 7.11 Å². The van der Waals surface area contributed by atoms with Crippen LogP contribution in [0.1, 0.15) is 30.2 Å². The van der Waals surface area contributed by atoms with E-state index < -0.39 is 37.6 Å². The Kier molecular flexibility index (Phi) is 5.81. The van der Waals surface area contributed by atoms with Gasteiger partial charge in [-0.05, 0) is 25.8 Å². The van der Waals surface area contributed by atoms with Crippen molar-refractivity contribution in [1.29, 1.82) is 0 Å². The smallest absolute Gasteiger partial charge is 0.396 e. The van der Waals surface area contributed by atoms with Crippen molar-refractivity contribution in [2.24, 2.45) is 0 Å². The lowest BCUT2D eigenvalue weighted by Gasteiger charge is -2.36. The molecule has 0 aliphatic carbocycles. The Morgan fingerprint density at radius 3 is 2.87 bits per heavy atom. The van der Waals surface area contributed by atoms with Crippen LogP contribution in [0, 0.1) is 6.92 Å². The molecular formula is C18H19B2N2O7P. The SMILES string of the molecule is [B]C([B])(OP1OCc2cccc(OC)c2O1)C1CCC(n2cc(C)c(=O)[nH]c2=O)O1. The zero-order valence-electron chi connectivity index (χ0n) is 16.5. The quantitative estimate of drug-likeness (QED) is 0.568. The number of para-hydroxylation sites is 1. The molecule has 4 radical (unpaired) electrons. The van der Waals surface area contributed by atoms with E-state index in [-0.39, 0.29) is 6.61 Å². The topological polar surface area (TPSA) is 101 Å². The van der Waals surface area contributed by atoms with E-state index in [0.717, 1.165) is 5.56 Å². The molecule has 2 aliphatic heterocycles. The Morgan fingerprint density at radius 1 is 1.30 bits per heavy atom. The van der Waals surface area contributed by atoms with Crippen LogP contribution in [0.15, 0.2) is 34.0 Å². The summed E-state index contributed by atoms with van der Waals surface area (Å²) in [5.74, 6) is 1.07. The van der Waals surface area contributed by atoms with Crippen molar-refractivity contribution >= 4 is 24.3 Å². The monoisotopic (exact) mass is 428 g/mol. The zero-order valence-corrected chi connectivity index (χ0v) is 17.4. The van der Waals surface area contributed by atoms with Gasteiger partial charge in [0, 0.05) is 22.7 Å². The van der Waals surface area contributed by atoms with Gasteiger partial charge in [0.25, 0.3) is 5.56 Å². The van der Waals surface area contributed by atoms with Gasteiger partial charge < -0.3 is 18.5 Å². The minimum Gasteiger partial charge on any atom is -0.493 e. The third-order valence-electron chi connectivity index (χ3n) is 4.96. The molecule has 3 heterocycles. The molecule has 1 saturated heterocycles. The molecule has 2 aliphatic rings. The first-order valence-electron chi connectivity index (χ1n) is 9.30. The lowest BCUT2D eigenvalue weighted by atomic mass is 9.61. The number of benzene rings is 1. The normalized spacial score (nSPS) is 23.6. The summed E-state index contributed by atoms with van der Waals surface area (Å²) in [6.45, 7) is 1.86. The molecule has 1 aromatic carbocycles. The van der Waals surface area contributed by atoms with Crippen LogP contribution in [-0.4, -0.2) is 43.9 Å². The molecule has 2 aromatic rings. The van der Waals surface area contributed by atoms with Gasteiger partial charge in [0.15, 0.2) is 11.5 Å². The van der Waals surface area contributed by atoms with Gasteiger partial charge in [-0.15, -0.1) is 0 Å².